The molecule has 3 aliphatic rings. The summed E-state index contributed by atoms with van der Waals surface area (Å²) in [5, 5.41) is 5.66. The Morgan fingerprint density at radius 2 is 1.93 bits per heavy atom. The van der Waals surface area contributed by atoms with Gasteiger partial charge in [0.2, 0.25) is 5.91 Å². The average molecular weight is 400 g/mol. The van der Waals surface area contributed by atoms with Crippen molar-refractivity contribution in [2.45, 2.75) is 38.1 Å². The number of amides is 4. The van der Waals surface area contributed by atoms with Crippen molar-refractivity contribution in [1.82, 2.24) is 10.2 Å². The van der Waals surface area contributed by atoms with Crippen LogP contribution < -0.4 is 15.5 Å². The van der Waals surface area contributed by atoms with Gasteiger partial charge in [0.15, 0.2) is 0 Å². The van der Waals surface area contributed by atoms with Crippen LogP contribution in [0.15, 0.2) is 24.3 Å². The molecule has 1 aliphatic carbocycles. The average Bonchev–Trinajstić information content (AvgIpc) is 2.96. The maximum atomic E-state index is 13.0. The van der Waals surface area contributed by atoms with E-state index in [4.69, 9.17) is 4.74 Å². The van der Waals surface area contributed by atoms with Gasteiger partial charge in [-0.25, -0.2) is 4.79 Å². The van der Waals surface area contributed by atoms with Crippen LogP contribution in [0.3, 0.4) is 0 Å². The number of nitrogens with one attached hydrogen (secondary N) is 2. The van der Waals surface area contributed by atoms with Crippen LogP contribution in [0.1, 0.15) is 32.6 Å². The van der Waals surface area contributed by atoms with Crippen molar-refractivity contribution in [1.29, 1.82) is 0 Å². The van der Waals surface area contributed by atoms with E-state index in [1.165, 1.54) is 0 Å². The number of rotatable bonds is 4. The Morgan fingerprint density at radius 3 is 2.62 bits per heavy atom. The molecule has 4 rings (SSSR count). The molecule has 4 amide bonds. The van der Waals surface area contributed by atoms with Crippen LogP contribution in [0.25, 0.3) is 0 Å². The smallest absolute Gasteiger partial charge is 0.325 e. The number of carbonyl (C=O) groups is 3. The van der Waals surface area contributed by atoms with Gasteiger partial charge in [-0.2, -0.15) is 0 Å². The molecular weight excluding hydrogens is 372 g/mol. The van der Waals surface area contributed by atoms with Crippen LogP contribution in [-0.4, -0.2) is 61.1 Å². The third-order valence-corrected chi connectivity index (χ3v) is 6.33. The number of benzene rings is 1. The van der Waals surface area contributed by atoms with Crippen molar-refractivity contribution in [3.8, 4) is 0 Å². The molecule has 8 heteroatoms. The maximum absolute atomic E-state index is 13.0. The number of imide groups is 1. The van der Waals surface area contributed by atoms with Crippen molar-refractivity contribution in [3.05, 3.63) is 24.3 Å². The summed E-state index contributed by atoms with van der Waals surface area (Å²) in [6.45, 7) is 4.84. The molecule has 2 N–H and O–H groups in total. The van der Waals surface area contributed by atoms with E-state index in [9.17, 15) is 14.4 Å². The highest BCUT2D eigenvalue weighted by Gasteiger charge is 2.55. The summed E-state index contributed by atoms with van der Waals surface area (Å²) in [5.41, 5.74) is 0.878. The summed E-state index contributed by atoms with van der Waals surface area (Å²) >= 11 is 0. The van der Waals surface area contributed by atoms with E-state index in [1.54, 1.807) is 0 Å². The summed E-state index contributed by atoms with van der Waals surface area (Å²) in [5.74, 6) is -0.575. The minimum absolute atomic E-state index is 0.0773. The first-order chi connectivity index (χ1) is 14.0. The molecule has 29 heavy (non-hydrogen) atoms. The molecule has 2 saturated heterocycles. The van der Waals surface area contributed by atoms with E-state index in [0.29, 0.717) is 25.3 Å². The van der Waals surface area contributed by atoms with Gasteiger partial charge in [-0.1, -0.05) is 19.8 Å². The Balaban J connectivity index is 1.37. The molecule has 0 unspecified atom stereocenters. The van der Waals surface area contributed by atoms with Crippen LogP contribution in [0.2, 0.25) is 0 Å². The highest BCUT2D eigenvalue weighted by atomic mass is 16.5. The van der Waals surface area contributed by atoms with E-state index in [0.717, 1.165) is 42.9 Å². The second-order valence-electron chi connectivity index (χ2n) is 8.13. The van der Waals surface area contributed by atoms with Gasteiger partial charge in [0.1, 0.15) is 12.1 Å². The monoisotopic (exact) mass is 400 g/mol. The number of nitrogens with zero attached hydrogens (tertiary/aromatic N) is 2. The van der Waals surface area contributed by atoms with Crippen molar-refractivity contribution < 1.29 is 19.1 Å². The lowest BCUT2D eigenvalue weighted by Crippen LogP contribution is -2.54. The number of morpholine rings is 1. The molecule has 0 radical (unpaired) electrons. The van der Waals surface area contributed by atoms with Gasteiger partial charge in [0, 0.05) is 24.5 Å². The van der Waals surface area contributed by atoms with Crippen LogP contribution in [0.4, 0.5) is 16.2 Å². The molecule has 2 heterocycles. The lowest BCUT2D eigenvalue weighted by molar-refractivity contribution is -0.136. The third kappa shape index (κ3) is 3.81. The molecular formula is C21H28N4O4. The van der Waals surface area contributed by atoms with Gasteiger partial charge in [-0.15, -0.1) is 0 Å². The van der Waals surface area contributed by atoms with Gasteiger partial charge in [0.05, 0.1) is 13.2 Å². The molecule has 1 aromatic rings. The zero-order valence-electron chi connectivity index (χ0n) is 16.8. The first-order valence-corrected chi connectivity index (χ1v) is 10.4. The predicted molar refractivity (Wildman–Crippen MR) is 109 cm³/mol. The first kappa shape index (κ1) is 19.7. The molecule has 3 fully saturated rings. The molecule has 2 aliphatic heterocycles. The maximum Gasteiger partial charge on any atom is 0.325 e. The Kier molecular flexibility index (Phi) is 5.45. The lowest BCUT2D eigenvalue weighted by atomic mass is 9.73. The summed E-state index contributed by atoms with van der Waals surface area (Å²) in [4.78, 5) is 41.1. The van der Waals surface area contributed by atoms with E-state index in [2.05, 4.69) is 15.5 Å². The summed E-state index contributed by atoms with van der Waals surface area (Å²) in [7, 11) is 0. The quantitative estimate of drug-likeness (QED) is 0.754. The van der Waals surface area contributed by atoms with Crippen molar-refractivity contribution in [2.75, 3.05) is 43.1 Å². The van der Waals surface area contributed by atoms with Gasteiger partial charge >= 0.3 is 6.03 Å². The molecule has 0 aromatic heterocycles. The number of anilines is 2. The molecule has 8 nitrogen and oxygen atoms in total. The molecule has 2 atom stereocenters. The Bertz CT molecular complexity index is 790. The minimum Gasteiger partial charge on any atom is -0.378 e. The summed E-state index contributed by atoms with van der Waals surface area (Å²) in [6, 6.07) is 7.10. The predicted octanol–water partition coefficient (Wildman–Crippen LogP) is 1.96. The van der Waals surface area contributed by atoms with Crippen LogP contribution in [-0.2, 0) is 14.3 Å². The Morgan fingerprint density at radius 1 is 1.21 bits per heavy atom. The largest absolute Gasteiger partial charge is 0.378 e. The normalized spacial score (nSPS) is 27.3. The van der Waals surface area contributed by atoms with E-state index >= 15 is 0 Å². The molecule has 156 valence electrons. The van der Waals surface area contributed by atoms with Crippen molar-refractivity contribution in [2.24, 2.45) is 5.92 Å². The zero-order chi connectivity index (χ0) is 20.4. The van der Waals surface area contributed by atoms with E-state index in [1.807, 2.05) is 31.2 Å². The second kappa shape index (κ2) is 8.02. The third-order valence-electron chi connectivity index (χ3n) is 6.33. The van der Waals surface area contributed by atoms with Crippen LogP contribution >= 0.6 is 0 Å². The van der Waals surface area contributed by atoms with Gasteiger partial charge < -0.3 is 20.3 Å². The number of urea groups is 1. The molecule has 1 spiro atoms. The topological polar surface area (TPSA) is 91.0 Å². The van der Waals surface area contributed by atoms with E-state index < -0.39 is 11.6 Å². The van der Waals surface area contributed by atoms with Gasteiger partial charge in [0.25, 0.3) is 5.91 Å². The molecule has 1 saturated carbocycles. The fourth-order valence-electron chi connectivity index (χ4n) is 4.56. The molecule has 0 bridgehead atoms. The highest BCUT2D eigenvalue weighted by molar-refractivity contribution is 6.10. The van der Waals surface area contributed by atoms with Gasteiger partial charge in [-0.3, -0.25) is 14.5 Å². The van der Waals surface area contributed by atoms with E-state index in [-0.39, 0.29) is 24.3 Å². The fraction of sp³-hybridized carbons (Fsp3) is 0.571. The minimum atomic E-state index is -0.838. The van der Waals surface area contributed by atoms with Crippen molar-refractivity contribution >= 4 is 29.2 Å². The standard InChI is InChI=1S/C21H28N4O4/c1-15-4-2-3-9-21(15)19(27)25(20(28)23-21)14-18(26)22-16-5-7-17(8-6-16)24-10-12-29-13-11-24/h5-8,15H,2-4,9-14H2,1H3,(H,22,26)(H,23,28)/t15-,21+/m1/s1. The zero-order valence-corrected chi connectivity index (χ0v) is 16.8. The summed E-state index contributed by atoms with van der Waals surface area (Å²) < 4.78 is 5.36. The fourth-order valence-corrected chi connectivity index (χ4v) is 4.56. The SMILES string of the molecule is C[C@@H]1CCCC[C@]12NC(=O)N(CC(=O)Nc1ccc(N3CCOCC3)cc1)C2=O. The van der Waals surface area contributed by atoms with Gasteiger partial charge in [-0.05, 0) is 43.0 Å². The summed E-state index contributed by atoms with van der Waals surface area (Å²) in [6.07, 6.45) is 3.51. The second-order valence-corrected chi connectivity index (χ2v) is 8.13. The number of ether oxygens (including phenoxy) is 1. The Hall–Kier alpha value is -2.61. The number of hydrogen-bond donors (Lipinski definition) is 2. The first-order valence-electron chi connectivity index (χ1n) is 10.4. The molecule has 1 aromatic carbocycles. The number of carbonyl (C=O) groups excluding carboxylic acids is 3. The van der Waals surface area contributed by atoms with Crippen LogP contribution in [0.5, 0.6) is 0 Å². The highest BCUT2D eigenvalue weighted by Crippen LogP contribution is 2.38. The van der Waals surface area contributed by atoms with Crippen molar-refractivity contribution in [3.63, 3.8) is 0 Å². The van der Waals surface area contributed by atoms with Crippen LogP contribution in [0, 0.1) is 5.92 Å². The number of hydrogen-bond acceptors (Lipinski definition) is 5. The Labute approximate surface area is 170 Å². The lowest BCUT2D eigenvalue weighted by Gasteiger charge is -2.36.